The Bertz CT molecular complexity index is 551. The van der Waals surface area contributed by atoms with Crippen molar-refractivity contribution in [1.29, 1.82) is 0 Å². The van der Waals surface area contributed by atoms with Crippen LogP contribution in [0.5, 0.6) is 0 Å². The molecule has 1 aromatic heterocycles. The first-order valence-corrected chi connectivity index (χ1v) is 10.2. The molecule has 0 unspecified atom stereocenters. The molecule has 2 N–H and O–H groups in total. The van der Waals surface area contributed by atoms with Gasteiger partial charge in [-0.15, -0.1) is 0 Å². The van der Waals surface area contributed by atoms with Gasteiger partial charge in [0.15, 0.2) is 5.82 Å². The molecule has 1 saturated carbocycles. The van der Waals surface area contributed by atoms with Crippen LogP contribution in [-0.2, 0) is 11.3 Å². The van der Waals surface area contributed by atoms with E-state index in [1.54, 1.807) is 5.48 Å². The second-order valence-electron chi connectivity index (χ2n) is 7.90. The fourth-order valence-corrected chi connectivity index (χ4v) is 4.35. The molecule has 1 atom stereocenters. The fourth-order valence-electron chi connectivity index (χ4n) is 4.35. The van der Waals surface area contributed by atoms with E-state index >= 15 is 0 Å². The summed E-state index contributed by atoms with van der Waals surface area (Å²) in [5.74, 6) is 1.54. The number of aromatic nitrogens is 2. The van der Waals surface area contributed by atoms with E-state index in [-0.39, 0.29) is 12.3 Å². The second-order valence-corrected chi connectivity index (χ2v) is 7.90. The van der Waals surface area contributed by atoms with Crippen LogP contribution in [0.2, 0.25) is 0 Å². The number of hydroxylamine groups is 1. The molecule has 1 aromatic rings. The molecule has 0 spiro atoms. The quantitative estimate of drug-likeness (QED) is 0.515. The van der Waals surface area contributed by atoms with Gasteiger partial charge in [-0.25, -0.2) is 5.48 Å². The molecule has 1 saturated heterocycles. The van der Waals surface area contributed by atoms with Crippen LogP contribution < -0.4 is 5.48 Å². The third-order valence-corrected chi connectivity index (χ3v) is 5.84. The highest BCUT2D eigenvalue weighted by molar-refractivity contribution is 5.75. The van der Waals surface area contributed by atoms with E-state index in [1.807, 2.05) is 0 Å². The molecular weight excluding hydrogens is 332 g/mol. The van der Waals surface area contributed by atoms with Gasteiger partial charge in [-0.05, 0) is 38.3 Å². The zero-order valence-electron chi connectivity index (χ0n) is 15.7. The summed E-state index contributed by atoms with van der Waals surface area (Å²) in [4.78, 5) is 18.6. The summed E-state index contributed by atoms with van der Waals surface area (Å²) >= 11 is 0. The zero-order chi connectivity index (χ0) is 18.2. The van der Waals surface area contributed by atoms with Crippen molar-refractivity contribution in [1.82, 2.24) is 20.5 Å². The van der Waals surface area contributed by atoms with Crippen molar-refractivity contribution in [2.45, 2.75) is 83.1 Å². The van der Waals surface area contributed by atoms with Crippen LogP contribution in [0.15, 0.2) is 4.52 Å². The van der Waals surface area contributed by atoms with Crippen LogP contribution >= 0.6 is 0 Å². The van der Waals surface area contributed by atoms with Gasteiger partial charge in [0.1, 0.15) is 0 Å². The van der Waals surface area contributed by atoms with Crippen molar-refractivity contribution in [3.8, 4) is 0 Å². The number of amides is 1. The van der Waals surface area contributed by atoms with Crippen LogP contribution in [-0.4, -0.2) is 39.2 Å². The fraction of sp³-hybridized carbons (Fsp3) is 0.842. The Hall–Kier alpha value is -1.47. The molecule has 0 radical (unpaired) electrons. The highest BCUT2D eigenvalue weighted by atomic mass is 16.5. The molecule has 0 bridgehead atoms. The number of nitrogens with zero attached hydrogens (tertiary/aromatic N) is 3. The number of hydrogen-bond acceptors (Lipinski definition) is 6. The maximum atomic E-state index is 11.7. The molecule has 1 aliphatic heterocycles. The number of nitrogens with one attached hydrogen (secondary N) is 1. The van der Waals surface area contributed by atoms with Crippen LogP contribution in [0.1, 0.15) is 88.3 Å². The summed E-state index contributed by atoms with van der Waals surface area (Å²) in [6, 6.07) is 0. The van der Waals surface area contributed by atoms with Gasteiger partial charge < -0.3 is 4.52 Å². The van der Waals surface area contributed by atoms with Gasteiger partial charge in [-0.3, -0.25) is 14.9 Å². The monoisotopic (exact) mass is 364 g/mol. The minimum Gasteiger partial charge on any atom is -0.339 e. The van der Waals surface area contributed by atoms with Crippen LogP contribution in [0, 0.1) is 5.92 Å². The van der Waals surface area contributed by atoms with E-state index in [9.17, 15) is 4.79 Å². The summed E-state index contributed by atoms with van der Waals surface area (Å²) in [6.45, 7) is 2.88. The minimum atomic E-state index is -0.396. The highest BCUT2D eigenvalue weighted by Gasteiger charge is 2.24. The molecule has 2 fully saturated rings. The largest absolute Gasteiger partial charge is 0.339 e. The van der Waals surface area contributed by atoms with E-state index in [2.05, 4.69) is 15.0 Å². The molecule has 2 aliphatic rings. The molecule has 3 rings (SSSR count). The Kier molecular flexibility index (Phi) is 7.43. The normalized spacial score (nSPS) is 20.3. The van der Waals surface area contributed by atoms with Crippen molar-refractivity contribution >= 4 is 5.91 Å². The zero-order valence-corrected chi connectivity index (χ0v) is 15.7. The van der Waals surface area contributed by atoms with Crippen LogP contribution in [0.4, 0.5) is 0 Å². The SMILES string of the molecule is O=C(C[C@@H](CCCC1CCCCC1)c1nc(CN2CCCC2)no1)NO. The summed E-state index contributed by atoms with van der Waals surface area (Å²) in [6.07, 6.45) is 12.5. The molecule has 2 heterocycles. The third-order valence-electron chi connectivity index (χ3n) is 5.84. The third kappa shape index (κ3) is 5.77. The maximum absolute atomic E-state index is 11.7. The number of rotatable bonds is 9. The molecule has 7 heteroatoms. The van der Waals surface area contributed by atoms with Crippen molar-refractivity contribution in [2.75, 3.05) is 13.1 Å². The smallest absolute Gasteiger partial charge is 0.244 e. The average molecular weight is 364 g/mol. The van der Waals surface area contributed by atoms with Gasteiger partial charge in [-0.2, -0.15) is 4.98 Å². The summed E-state index contributed by atoms with van der Waals surface area (Å²) in [5.41, 5.74) is 1.73. The Labute approximate surface area is 155 Å². The van der Waals surface area contributed by atoms with Gasteiger partial charge in [0.2, 0.25) is 11.8 Å². The number of hydrogen-bond donors (Lipinski definition) is 2. The van der Waals surface area contributed by atoms with Gasteiger partial charge >= 0.3 is 0 Å². The number of carbonyl (C=O) groups excluding carboxylic acids is 1. The molecule has 1 aliphatic carbocycles. The highest BCUT2D eigenvalue weighted by Crippen LogP contribution is 2.31. The Morgan fingerprint density at radius 3 is 2.73 bits per heavy atom. The van der Waals surface area contributed by atoms with Crippen molar-refractivity contribution < 1.29 is 14.5 Å². The predicted octanol–water partition coefficient (Wildman–Crippen LogP) is 3.40. The molecule has 7 nitrogen and oxygen atoms in total. The molecule has 1 amide bonds. The second kappa shape index (κ2) is 10.0. The first kappa shape index (κ1) is 19.3. The molecule has 26 heavy (non-hydrogen) atoms. The van der Waals surface area contributed by atoms with Crippen molar-refractivity contribution in [2.24, 2.45) is 5.92 Å². The summed E-state index contributed by atoms with van der Waals surface area (Å²) in [5, 5.41) is 13.0. The topological polar surface area (TPSA) is 91.5 Å². The van der Waals surface area contributed by atoms with E-state index in [0.29, 0.717) is 18.3 Å². The van der Waals surface area contributed by atoms with Gasteiger partial charge in [0.25, 0.3) is 0 Å². The van der Waals surface area contributed by atoms with Crippen molar-refractivity contribution in [3.63, 3.8) is 0 Å². The number of likely N-dealkylation sites (tertiary alicyclic amines) is 1. The summed E-state index contributed by atoms with van der Waals surface area (Å²) in [7, 11) is 0. The van der Waals surface area contributed by atoms with Crippen LogP contribution in [0.3, 0.4) is 0 Å². The van der Waals surface area contributed by atoms with Crippen LogP contribution in [0.25, 0.3) is 0 Å². The molecule has 0 aromatic carbocycles. The molecular formula is C19H32N4O3. The van der Waals surface area contributed by atoms with Crippen molar-refractivity contribution in [3.05, 3.63) is 11.7 Å². The van der Waals surface area contributed by atoms with Gasteiger partial charge in [0, 0.05) is 12.3 Å². The Morgan fingerprint density at radius 2 is 2.00 bits per heavy atom. The first-order valence-electron chi connectivity index (χ1n) is 10.2. The summed E-state index contributed by atoms with van der Waals surface area (Å²) < 4.78 is 5.48. The Balaban J connectivity index is 1.54. The average Bonchev–Trinajstić information content (AvgIpc) is 3.34. The van der Waals surface area contributed by atoms with E-state index in [0.717, 1.165) is 31.8 Å². The van der Waals surface area contributed by atoms with Gasteiger partial charge in [-0.1, -0.05) is 50.1 Å². The van der Waals surface area contributed by atoms with E-state index < -0.39 is 5.91 Å². The predicted molar refractivity (Wildman–Crippen MR) is 96.5 cm³/mol. The lowest BCUT2D eigenvalue weighted by Crippen LogP contribution is -2.22. The standard InChI is InChI=1S/C19H32N4O3/c24-18(21-25)13-16(10-6-9-15-7-2-1-3-8-15)19-20-17(22-26-19)14-23-11-4-5-12-23/h15-16,25H,1-14H2,(H,21,24)/t16-/m1/s1. The lowest BCUT2D eigenvalue weighted by Gasteiger charge is -2.22. The number of carbonyl (C=O) groups is 1. The van der Waals surface area contributed by atoms with E-state index in [4.69, 9.17) is 9.73 Å². The first-order chi connectivity index (χ1) is 12.7. The lowest BCUT2D eigenvalue weighted by molar-refractivity contribution is -0.129. The minimum absolute atomic E-state index is 0.120. The lowest BCUT2D eigenvalue weighted by atomic mass is 9.84. The van der Waals surface area contributed by atoms with Gasteiger partial charge in [0.05, 0.1) is 6.54 Å². The van der Waals surface area contributed by atoms with E-state index in [1.165, 1.54) is 51.4 Å². The molecule has 146 valence electrons. The maximum Gasteiger partial charge on any atom is 0.244 e. The Morgan fingerprint density at radius 1 is 1.23 bits per heavy atom.